The number of aliphatic hydroxyl groups excluding tert-OH is 1. The summed E-state index contributed by atoms with van der Waals surface area (Å²) in [5, 5.41) is 10.6. The summed E-state index contributed by atoms with van der Waals surface area (Å²) in [5.41, 5.74) is 0.474. The van der Waals surface area contributed by atoms with Crippen molar-refractivity contribution in [3.63, 3.8) is 0 Å². The van der Waals surface area contributed by atoms with E-state index in [9.17, 15) is 14.3 Å². The minimum atomic E-state index is -0.440. The number of carbonyl (C=O) groups is 1. The Morgan fingerprint density at radius 2 is 1.54 bits per heavy atom. The van der Waals surface area contributed by atoms with Gasteiger partial charge in [0.05, 0.1) is 45.2 Å². The first-order chi connectivity index (χ1) is 17.1. The minimum absolute atomic E-state index is 0.119. The molecule has 3 aliphatic rings. The molecule has 35 heavy (non-hydrogen) atoms. The Bertz CT molecular complexity index is 774. The molecule has 196 valence electrons. The van der Waals surface area contributed by atoms with Crippen LogP contribution in [0.3, 0.4) is 0 Å². The third kappa shape index (κ3) is 8.45. The SMILES string of the molecule is O=C(c1ccc(F)cc1)N(CCN1CCOCC1)CC1CN(CC(O)CN2CCOCC2)CCO1. The van der Waals surface area contributed by atoms with Crippen LogP contribution in [0.4, 0.5) is 4.39 Å². The number of hydrogen-bond donors (Lipinski definition) is 1. The van der Waals surface area contributed by atoms with E-state index in [1.807, 2.05) is 4.90 Å². The lowest BCUT2D eigenvalue weighted by molar-refractivity contribution is -0.0563. The molecule has 1 aromatic rings. The Balaban J connectivity index is 1.32. The highest BCUT2D eigenvalue weighted by Crippen LogP contribution is 2.13. The van der Waals surface area contributed by atoms with E-state index in [0.717, 1.165) is 39.3 Å². The number of halogens is 1. The predicted molar refractivity (Wildman–Crippen MR) is 129 cm³/mol. The highest BCUT2D eigenvalue weighted by molar-refractivity contribution is 5.94. The van der Waals surface area contributed by atoms with Crippen molar-refractivity contribution in [1.82, 2.24) is 19.6 Å². The zero-order valence-electron chi connectivity index (χ0n) is 20.5. The fraction of sp³-hybridized carbons (Fsp3) is 0.720. The van der Waals surface area contributed by atoms with Crippen molar-refractivity contribution in [2.45, 2.75) is 12.2 Å². The van der Waals surface area contributed by atoms with Crippen LogP contribution in [-0.4, -0.2) is 148 Å². The van der Waals surface area contributed by atoms with Crippen LogP contribution in [0, 0.1) is 5.82 Å². The molecular weight excluding hydrogens is 455 g/mol. The number of aliphatic hydroxyl groups is 1. The van der Waals surface area contributed by atoms with Gasteiger partial charge in [0.1, 0.15) is 5.82 Å². The summed E-state index contributed by atoms with van der Waals surface area (Å²) in [4.78, 5) is 21.9. The number of benzene rings is 1. The molecule has 0 bridgehead atoms. The Morgan fingerprint density at radius 3 is 2.23 bits per heavy atom. The normalized spacial score (nSPS) is 23.8. The Morgan fingerprint density at radius 1 is 0.943 bits per heavy atom. The number of β-amino-alcohol motifs (C(OH)–C–C–N with tert-alkyl or cyclic N) is 1. The van der Waals surface area contributed by atoms with Crippen molar-refractivity contribution >= 4 is 5.91 Å². The fourth-order valence-electron chi connectivity index (χ4n) is 4.88. The first kappa shape index (κ1) is 26.4. The lowest BCUT2D eigenvalue weighted by atomic mass is 10.1. The van der Waals surface area contributed by atoms with E-state index in [-0.39, 0.29) is 17.8 Å². The summed E-state index contributed by atoms with van der Waals surface area (Å²) in [6, 6.07) is 5.72. The van der Waals surface area contributed by atoms with E-state index < -0.39 is 6.10 Å². The molecular formula is C25H39FN4O5. The summed E-state index contributed by atoms with van der Waals surface area (Å²) >= 11 is 0. The number of morpholine rings is 3. The maximum atomic E-state index is 13.4. The minimum Gasteiger partial charge on any atom is -0.390 e. The van der Waals surface area contributed by atoms with Gasteiger partial charge in [0.15, 0.2) is 0 Å². The van der Waals surface area contributed by atoms with Crippen molar-refractivity contribution in [1.29, 1.82) is 0 Å². The van der Waals surface area contributed by atoms with Crippen LogP contribution in [0.1, 0.15) is 10.4 Å². The molecule has 1 N–H and O–H groups in total. The summed E-state index contributed by atoms with van der Waals surface area (Å²) in [5.74, 6) is -0.477. The van der Waals surface area contributed by atoms with E-state index in [1.165, 1.54) is 24.3 Å². The zero-order chi connectivity index (χ0) is 24.5. The maximum absolute atomic E-state index is 13.4. The van der Waals surface area contributed by atoms with Gasteiger partial charge in [-0.05, 0) is 24.3 Å². The van der Waals surface area contributed by atoms with Gasteiger partial charge in [-0.15, -0.1) is 0 Å². The van der Waals surface area contributed by atoms with Gasteiger partial charge in [-0.25, -0.2) is 4.39 Å². The van der Waals surface area contributed by atoms with Crippen molar-refractivity contribution in [3.8, 4) is 0 Å². The molecule has 3 saturated heterocycles. The Hall–Kier alpha value is -1.66. The number of carbonyl (C=O) groups excluding carboxylic acids is 1. The number of rotatable bonds is 10. The van der Waals surface area contributed by atoms with Crippen molar-refractivity contribution in [3.05, 3.63) is 35.6 Å². The molecule has 0 aliphatic carbocycles. The van der Waals surface area contributed by atoms with Gasteiger partial charge in [-0.2, -0.15) is 0 Å². The van der Waals surface area contributed by atoms with Gasteiger partial charge in [-0.3, -0.25) is 19.5 Å². The highest BCUT2D eigenvalue weighted by atomic mass is 19.1. The van der Waals surface area contributed by atoms with Crippen molar-refractivity contribution < 1.29 is 28.5 Å². The second kappa shape index (κ2) is 13.6. The van der Waals surface area contributed by atoms with Gasteiger partial charge in [-0.1, -0.05) is 0 Å². The summed E-state index contributed by atoms with van der Waals surface area (Å²) in [7, 11) is 0. The molecule has 2 unspecified atom stereocenters. The molecule has 0 aromatic heterocycles. The molecule has 1 aromatic carbocycles. The van der Waals surface area contributed by atoms with Gasteiger partial charge in [0, 0.05) is 77.6 Å². The van der Waals surface area contributed by atoms with Crippen LogP contribution in [0.5, 0.6) is 0 Å². The fourth-order valence-corrected chi connectivity index (χ4v) is 4.88. The number of ether oxygens (including phenoxy) is 3. The number of hydrogen-bond acceptors (Lipinski definition) is 8. The Kier molecular flexibility index (Phi) is 10.3. The van der Waals surface area contributed by atoms with E-state index in [1.54, 1.807) is 0 Å². The van der Waals surface area contributed by atoms with E-state index in [4.69, 9.17) is 14.2 Å². The molecule has 2 atom stereocenters. The Labute approximate surface area is 207 Å². The summed E-state index contributed by atoms with van der Waals surface area (Å²) < 4.78 is 30.3. The molecule has 3 aliphatic heterocycles. The lowest BCUT2D eigenvalue weighted by Gasteiger charge is -2.38. The standard InChI is InChI=1S/C25H39FN4O5/c26-22-3-1-21(2-4-22)25(32)30(6-5-27-7-12-33-13-8-27)20-24-19-29(11-16-35-24)18-23(31)17-28-9-14-34-15-10-28/h1-4,23-24,31H,5-20H2. The molecule has 1 amide bonds. The molecule has 0 radical (unpaired) electrons. The van der Waals surface area contributed by atoms with Gasteiger partial charge < -0.3 is 24.2 Å². The monoisotopic (exact) mass is 494 g/mol. The molecule has 0 saturated carbocycles. The zero-order valence-corrected chi connectivity index (χ0v) is 20.5. The summed E-state index contributed by atoms with van der Waals surface area (Å²) in [6.07, 6.45) is -0.585. The number of amides is 1. The highest BCUT2D eigenvalue weighted by Gasteiger charge is 2.28. The van der Waals surface area contributed by atoms with Crippen LogP contribution in [0.15, 0.2) is 24.3 Å². The third-order valence-corrected chi connectivity index (χ3v) is 6.86. The predicted octanol–water partition coefficient (Wildman–Crippen LogP) is -0.00600. The average molecular weight is 495 g/mol. The summed E-state index contributed by atoms with van der Waals surface area (Å²) in [6.45, 7) is 11.2. The first-order valence-corrected chi connectivity index (χ1v) is 12.7. The largest absolute Gasteiger partial charge is 0.390 e. The van der Waals surface area contributed by atoms with E-state index in [2.05, 4.69) is 14.7 Å². The molecule has 3 fully saturated rings. The van der Waals surface area contributed by atoms with Crippen LogP contribution in [-0.2, 0) is 14.2 Å². The second-order valence-corrected chi connectivity index (χ2v) is 9.53. The van der Waals surface area contributed by atoms with Crippen molar-refractivity contribution in [2.24, 2.45) is 0 Å². The topological polar surface area (TPSA) is 78.0 Å². The average Bonchev–Trinajstić information content (AvgIpc) is 2.88. The van der Waals surface area contributed by atoms with E-state index >= 15 is 0 Å². The lowest BCUT2D eigenvalue weighted by Crippen LogP contribution is -2.52. The molecule has 9 nitrogen and oxygen atoms in total. The molecule has 0 spiro atoms. The molecule has 4 rings (SSSR count). The van der Waals surface area contributed by atoms with Gasteiger partial charge in [0.25, 0.3) is 5.91 Å². The maximum Gasteiger partial charge on any atom is 0.253 e. The van der Waals surface area contributed by atoms with E-state index in [0.29, 0.717) is 71.3 Å². The van der Waals surface area contributed by atoms with Gasteiger partial charge >= 0.3 is 0 Å². The van der Waals surface area contributed by atoms with Crippen LogP contribution < -0.4 is 0 Å². The second-order valence-electron chi connectivity index (χ2n) is 9.53. The third-order valence-electron chi connectivity index (χ3n) is 6.86. The van der Waals surface area contributed by atoms with Crippen LogP contribution in [0.25, 0.3) is 0 Å². The van der Waals surface area contributed by atoms with Crippen LogP contribution >= 0.6 is 0 Å². The molecule has 10 heteroatoms. The quantitative estimate of drug-likeness (QED) is 0.487. The van der Waals surface area contributed by atoms with Crippen LogP contribution in [0.2, 0.25) is 0 Å². The molecule has 3 heterocycles. The van der Waals surface area contributed by atoms with Gasteiger partial charge in [0.2, 0.25) is 0 Å². The first-order valence-electron chi connectivity index (χ1n) is 12.7. The number of nitrogens with zero attached hydrogens (tertiary/aromatic N) is 4. The van der Waals surface area contributed by atoms with Crippen molar-refractivity contribution in [2.75, 3.05) is 105 Å². The smallest absolute Gasteiger partial charge is 0.253 e.